The fourth-order valence-electron chi connectivity index (χ4n) is 2.04. The molecule has 2 heterocycles. The maximum absolute atomic E-state index is 12.1. The van der Waals surface area contributed by atoms with E-state index in [0.717, 1.165) is 0 Å². The molecule has 1 atom stereocenters. The first-order chi connectivity index (χ1) is 8.91. The normalized spacial score (nSPS) is 18.7. The first kappa shape index (κ1) is 13.5. The number of nitrogens with zero attached hydrogens (tertiary/aromatic N) is 4. The maximum Gasteiger partial charge on any atom is 0.329 e. The van der Waals surface area contributed by atoms with Crippen molar-refractivity contribution in [2.45, 2.75) is 25.5 Å². The fourth-order valence-corrected chi connectivity index (χ4v) is 2.04. The minimum atomic E-state index is -1.01. The van der Waals surface area contributed by atoms with Crippen LogP contribution in [0.2, 0.25) is 0 Å². The number of likely N-dealkylation sites (tertiary alicyclic amines) is 1. The quantitative estimate of drug-likeness (QED) is 0.776. The van der Waals surface area contributed by atoms with Crippen LogP contribution in [0.3, 0.4) is 0 Å². The molecule has 8 nitrogen and oxygen atoms in total. The summed E-state index contributed by atoms with van der Waals surface area (Å²) < 4.78 is 6.73. The van der Waals surface area contributed by atoms with E-state index < -0.39 is 17.6 Å². The van der Waals surface area contributed by atoms with Gasteiger partial charge in [0.05, 0.1) is 13.1 Å². The molecular formula is C11H16N4O4. The summed E-state index contributed by atoms with van der Waals surface area (Å²) in [7, 11) is 0. The second kappa shape index (κ2) is 4.96. The van der Waals surface area contributed by atoms with E-state index in [9.17, 15) is 9.59 Å². The van der Waals surface area contributed by atoms with Crippen LogP contribution >= 0.6 is 0 Å². The Morgan fingerprint density at radius 1 is 1.53 bits per heavy atom. The van der Waals surface area contributed by atoms with Crippen molar-refractivity contribution in [2.24, 2.45) is 0 Å². The number of rotatable bonds is 5. The van der Waals surface area contributed by atoms with Crippen molar-refractivity contribution in [3.8, 4) is 0 Å². The lowest BCUT2D eigenvalue weighted by molar-refractivity contribution is -0.175. The molecule has 1 aliphatic heterocycles. The van der Waals surface area contributed by atoms with Gasteiger partial charge in [0, 0.05) is 0 Å². The van der Waals surface area contributed by atoms with E-state index in [1.807, 2.05) is 0 Å². The lowest BCUT2D eigenvalue weighted by Crippen LogP contribution is -2.64. The molecule has 0 aliphatic carbocycles. The molecule has 0 spiro atoms. The molecule has 1 N–H and O–H groups in total. The predicted molar refractivity (Wildman–Crippen MR) is 63.3 cm³/mol. The molecule has 0 radical (unpaired) electrons. The van der Waals surface area contributed by atoms with Gasteiger partial charge in [-0.25, -0.2) is 14.5 Å². The summed E-state index contributed by atoms with van der Waals surface area (Å²) in [6.45, 7) is 3.96. The minimum absolute atomic E-state index is 0.0816. The molecule has 19 heavy (non-hydrogen) atoms. The van der Waals surface area contributed by atoms with Crippen LogP contribution in [0.5, 0.6) is 0 Å². The van der Waals surface area contributed by atoms with Crippen molar-refractivity contribution in [3.63, 3.8) is 0 Å². The summed E-state index contributed by atoms with van der Waals surface area (Å²) in [4.78, 5) is 28.0. The monoisotopic (exact) mass is 268 g/mol. The van der Waals surface area contributed by atoms with Crippen LogP contribution in [0, 0.1) is 0 Å². The third kappa shape index (κ3) is 2.90. The van der Waals surface area contributed by atoms with Crippen LogP contribution in [0.25, 0.3) is 0 Å². The van der Waals surface area contributed by atoms with Crippen molar-refractivity contribution >= 4 is 11.9 Å². The highest BCUT2D eigenvalue weighted by Crippen LogP contribution is 2.26. The Morgan fingerprint density at radius 2 is 2.21 bits per heavy atom. The van der Waals surface area contributed by atoms with E-state index in [1.54, 1.807) is 18.7 Å². The van der Waals surface area contributed by atoms with Crippen LogP contribution in [0.4, 0.5) is 0 Å². The first-order valence-corrected chi connectivity index (χ1v) is 5.90. The van der Waals surface area contributed by atoms with Crippen LogP contribution in [0.1, 0.15) is 19.9 Å². The molecule has 1 aliphatic rings. The van der Waals surface area contributed by atoms with Crippen molar-refractivity contribution in [1.82, 2.24) is 19.7 Å². The molecule has 1 aromatic rings. The first-order valence-electron chi connectivity index (χ1n) is 5.90. The molecule has 0 bridgehead atoms. The topological polar surface area (TPSA) is 97.6 Å². The molecule has 1 fully saturated rings. The number of hydrogen-bond acceptors (Lipinski definition) is 5. The highest BCUT2D eigenvalue weighted by Gasteiger charge is 2.44. The van der Waals surface area contributed by atoms with Crippen LogP contribution in [-0.2, 0) is 14.3 Å². The summed E-state index contributed by atoms with van der Waals surface area (Å²) >= 11 is 0. The summed E-state index contributed by atoms with van der Waals surface area (Å²) in [5.74, 6) is -1.09. The number of amides is 1. The second-order valence-electron chi connectivity index (χ2n) is 4.88. The van der Waals surface area contributed by atoms with Crippen molar-refractivity contribution in [1.29, 1.82) is 0 Å². The highest BCUT2D eigenvalue weighted by molar-refractivity contribution is 5.81. The number of carboxylic acid groups (broad SMARTS) is 1. The zero-order valence-electron chi connectivity index (χ0n) is 10.8. The molecule has 0 saturated carbocycles. The van der Waals surface area contributed by atoms with Gasteiger partial charge in [-0.15, -0.1) is 0 Å². The lowest BCUT2D eigenvalue weighted by Gasteiger charge is -2.47. The fraction of sp³-hybridized carbons (Fsp3) is 0.636. The van der Waals surface area contributed by atoms with Crippen LogP contribution in [0.15, 0.2) is 12.7 Å². The van der Waals surface area contributed by atoms with E-state index in [4.69, 9.17) is 9.84 Å². The molecule has 104 valence electrons. The van der Waals surface area contributed by atoms with Gasteiger partial charge in [-0.05, 0) is 13.8 Å². The van der Waals surface area contributed by atoms with Gasteiger partial charge >= 0.3 is 5.97 Å². The van der Waals surface area contributed by atoms with E-state index in [0.29, 0.717) is 13.1 Å². The Labute approximate surface area is 110 Å². The zero-order chi connectivity index (χ0) is 14.0. The minimum Gasteiger partial charge on any atom is -0.480 e. The average Bonchev–Trinajstić information content (AvgIpc) is 2.84. The third-order valence-corrected chi connectivity index (χ3v) is 3.10. The van der Waals surface area contributed by atoms with Gasteiger partial charge in [0.1, 0.15) is 30.9 Å². The van der Waals surface area contributed by atoms with E-state index in [1.165, 1.54) is 17.3 Å². The van der Waals surface area contributed by atoms with Gasteiger partial charge in [-0.2, -0.15) is 5.10 Å². The summed E-state index contributed by atoms with van der Waals surface area (Å²) in [5.41, 5.74) is -0.573. The summed E-state index contributed by atoms with van der Waals surface area (Å²) in [6, 6.07) is -0.425. The van der Waals surface area contributed by atoms with Crippen molar-refractivity contribution in [2.75, 3.05) is 19.7 Å². The second-order valence-corrected chi connectivity index (χ2v) is 4.88. The molecule has 2 rings (SSSR count). The predicted octanol–water partition coefficient (Wildman–Crippen LogP) is -0.459. The van der Waals surface area contributed by atoms with Gasteiger partial charge in [0.15, 0.2) is 0 Å². The van der Waals surface area contributed by atoms with E-state index in [2.05, 4.69) is 10.1 Å². The van der Waals surface area contributed by atoms with Gasteiger partial charge in [-0.1, -0.05) is 0 Å². The number of aliphatic carboxylic acids is 1. The zero-order valence-corrected chi connectivity index (χ0v) is 10.8. The Balaban J connectivity index is 1.86. The Morgan fingerprint density at radius 3 is 2.74 bits per heavy atom. The number of carbonyl (C=O) groups is 2. The smallest absolute Gasteiger partial charge is 0.329 e. The number of carbonyl (C=O) groups excluding carboxylic acids is 1. The number of ether oxygens (including phenoxy) is 1. The Hall–Kier alpha value is -1.96. The summed E-state index contributed by atoms with van der Waals surface area (Å²) in [6.07, 6.45) is 2.86. The van der Waals surface area contributed by atoms with Crippen molar-refractivity contribution in [3.05, 3.63) is 12.7 Å². The average molecular weight is 268 g/mol. The van der Waals surface area contributed by atoms with Crippen LogP contribution in [-0.4, -0.2) is 61.9 Å². The van der Waals surface area contributed by atoms with Gasteiger partial charge in [0.2, 0.25) is 5.91 Å². The molecule has 1 unspecified atom stereocenters. The van der Waals surface area contributed by atoms with Crippen LogP contribution < -0.4 is 0 Å². The van der Waals surface area contributed by atoms with Crippen molar-refractivity contribution < 1.29 is 19.4 Å². The maximum atomic E-state index is 12.1. The third-order valence-electron chi connectivity index (χ3n) is 3.10. The lowest BCUT2D eigenvalue weighted by atomic mass is 9.95. The number of hydrogen-bond donors (Lipinski definition) is 1. The van der Waals surface area contributed by atoms with Gasteiger partial charge in [-0.3, -0.25) is 4.79 Å². The standard InChI is InChI=1S/C11H16N4O4/c1-8(15-7-12-6-13-15)10(18)14-4-11(2,5-14)19-3-9(16)17/h6-8H,3-5H2,1-2H3,(H,16,17). The largest absolute Gasteiger partial charge is 0.480 e. The van der Waals surface area contributed by atoms with E-state index in [-0.39, 0.29) is 12.5 Å². The highest BCUT2D eigenvalue weighted by atomic mass is 16.5. The molecule has 1 amide bonds. The number of carboxylic acids is 1. The van der Waals surface area contributed by atoms with Gasteiger partial charge in [0.25, 0.3) is 0 Å². The SMILES string of the molecule is CC(C(=O)N1CC(C)(OCC(=O)O)C1)n1cncn1. The Bertz CT molecular complexity index is 467. The molecule has 8 heteroatoms. The molecule has 1 aromatic heterocycles. The van der Waals surface area contributed by atoms with Gasteiger partial charge < -0.3 is 14.7 Å². The number of aromatic nitrogens is 3. The molecular weight excluding hydrogens is 252 g/mol. The summed E-state index contributed by atoms with van der Waals surface area (Å²) in [5, 5.41) is 12.5. The van der Waals surface area contributed by atoms with E-state index >= 15 is 0 Å². The Kier molecular flexibility index (Phi) is 3.52. The molecule has 0 aromatic carbocycles. The molecule has 1 saturated heterocycles.